The summed E-state index contributed by atoms with van der Waals surface area (Å²) in [5.41, 5.74) is 7.50. The zero-order valence-corrected chi connectivity index (χ0v) is 10.7. The van der Waals surface area contributed by atoms with Crippen LogP contribution in [0.1, 0.15) is 31.9 Å². The highest BCUT2D eigenvalue weighted by Crippen LogP contribution is 2.10. The van der Waals surface area contributed by atoms with E-state index in [9.17, 15) is 0 Å². The molecule has 3 N–H and O–H groups in total. The van der Waals surface area contributed by atoms with Crippen LogP contribution in [-0.2, 0) is 6.54 Å². The van der Waals surface area contributed by atoms with Crippen LogP contribution in [0.3, 0.4) is 0 Å². The lowest BCUT2D eigenvalue weighted by molar-refractivity contribution is 0.225. The van der Waals surface area contributed by atoms with Crippen molar-refractivity contribution in [3.63, 3.8) is 0 Å². The van der Waals surface area contributed by atoms with Gasteiger partial charge in [0.2, 0.25) is 0 Å². The van der Waals surface area contributed by atoms with Crippen LogP contribution in [0.5, 0.6) is 0 Å². The molecule has 0 aliphatic carbocycles. The third-order valence-electron chi connectivity index (χ3n) is 2.85. The van der Waals surface area contributed by atoms with Crippen LogP contribution in [-0.4, -0.2) is 28.5 Å². The Morgan fingerprint density at radius 2 is 2.18 bits per heavy atom. The second-order valence-corrected chi connectivity index (χ2v) is 4.34. The van der Waals surface area contributed by atoms with Crippen molar-refractivity contribution in [1.29, 1.82) is 0 Å². The lowest BCUT2D eigenvalue weighted by atomic mass is 10.1. The van der Waals surface area contributed by atoms with Gasteiger partial charge in [0.15, 0.2) is 5.84 Å². The summed E-state index contributed by atoms with van der Waals surface area (Å²) in [6.45, 7) is 8.38. The Morgan fingerprint density at radius 1 is 1.47 bits per heavy atom. The molecule has 17 heavy (non-hydrogen) atoms. The van der Waals surface area contributed by atoms with Crippen molar-refractivity contribution in [3.05, 3.63) is 35.4 Å². The molecule has 0 bridgehead atoms. The minimum absolute atomic E-state index is 0.152. The average molecular weight is 235 g/mol. The SMILES string of the molecule is CCN(Cc1cccc(/C(N)=N/O)c1)C(C)C. The van der Waals surface area contributed by atoms with E-state index in [0.29, 0.717) is 6.04 Å². The fourth-order valence-electron chi connectivity index (χ4n) is 1.78. The molecule has 0 atom stereocenters. The van der Waals surface area contributed by atoms with Crippen LogP contribution in [0, 0.1) is 0 Å². The quantitative estimate of drug-likeness (QED) is 0.355. The Balaban J connectivity index is 2.85. The van der Waals surface area contributed by atoms with Gasteiger partial charge in [-0.3, -0.25) is 4.90 Å². The average Bonchev–Trinajstić information content (AvgIpc) is 2.34. The summed E-state index contributed by atoms with van der Waals surface area (Å²) in [7, 11) is 0. The number of nitrogens with two attached hydrogens (primary N) is 1. The van der Waals surface area contributed by atoms with Crippen LogP contribution in [0.4, 0.5) is 0 Å². The van der Waals surface area contributed by atoms with Gasteiger partial charge in [-0.05, 0) is 32.0 Å². The number of benzene rings is 1. The maximum absolute atomic E-state index is 8.65. The van der Waals surface area contributed by atoms with Crippen LogP contribution >= 0.6 is 0 Å². The lowest BCUT2D eigenvalue weighted by Gasteiger charge is -2.24. The normalized spacial score (nSPS) is 12.4. The topological polar surface area (TPSA) is 61.8 Å². The van der Waals surface area contributed by atoms with Crippen LogP contribution in [0.2, 0.25) is 0 Å². The molecule has 0 fully saturated rings. The first-order chi connectivity index (χ1) is 8.08. The molecule has 4 heteroatoms. The third-order valence-corrected chi connectivity index (χ3v) is 2.85. The Bertz CT molecular complexity index is 388. The molecule has 0 aliphatic rings. The second-order valence-electron chi connectivity index (χ2n) is 4.34. The van der Waals surface area contributed by atoms with E-state index in [0.717, 1.165) is 18.7 Å². The second kappa shape index (κ2) is 6.25. The van der Waals surface area contributed by atoms with Crippen molar-refractivity contribution < 1.29 is 5.21 Å². The van der Waals surface area contributed by atoms with E-state index in [1.165, 1.54) is 5.56 Å². The summed E-state index contributed by atoms with van der Waals surface area (Å²) in [4.78, 5) is 2.35. The number of oxime groups is 1. The van der Waals surface area contributed by atoms with E-state index in [4.69, 9.17) is 10.9 Å². The van der Waals surface area contributed by atoms with Crippen molar-refractivity contribution >= 4 is 5.84 Å². The van der Waals surface area contributed by atoms with Crippen molar-refractivity contribution in [1.82, 2.24) is 4.90 Å². The van der Waals surface area contributed by atoms with Gasteiger partial charge in [-0.1, -0.05) is 30.3 Å². The van der Waals surface area contributed by atoms with Crippen LogP contribution in [0.15, 0.2) is 29.4 Å². The molecule has 0 aromatic heterocycles. The summed E-state index contributed by atoms with van der Waals surface area (Å²) in [5, 5.41) is 11.7. The monoisotopic (exact) mass is 235 g/mol. The van der Waals surface area contributed by atoms with Crippen LogP contribution < -0.4 is 5.73 Å². The zero-order chi connectivity index (χ0) is 12.8. The van der Waals surface area contributed by atoms with Crippen molar-refractivity contribution in [2.24, 2.45) is 10.9 Å². The fraction of sp³-hybridized carbons (Fsp3) is 0.462. The summed E-state index contributed by atoms with van der Waals surface area (Å²) in [5.74, 6) is 0.152. The highest BCUT2D eigenvalue weighted by molar-refractivity contribution is 5.97. The molecule has 1 aromatic carbocycles. The Labute approximate surface area is 103 Å². The molecule has 0 saturated carbocycles. The number of nitrogens with zero attached hydrogens (tertiary/aromatic N) is 2. The molecule has 0 saturated heterocycles. The number of rotatable bonds is 5. The number of hydrogen-bond acceptors (Lipinski definition) is 3. The van der Waals surface area contributed by atoms with Crippen molar-refractivity contribution in [2.75, 3.05) is 6.54 Å². The summed E-state index contributed by atoms with van der Waals surface area (Å²) >= 11 is 0. The van der Waals surface area contributed by atoms with Crippen molar-refractivity contribution in [3.8, 4) is 0 Å². The van der Waals surface area contributed by atoms with E-state index >= 15 is 0 Å². The van der Waals surface area contributed by atoms with Gasteiger partial charge in [0, 0.05) is 18.2 Å². The molecule has 94 valence electrons. The largest absolute Gasteiger partial charge is 0.409 e. The van der Waals surface area contributed by atoms with Gasteiger partial charge in [-0.15, -0.1) is 0 Å². The van der Waals surface area contributed by atoms with E-state index < -0.39 is 0 Å². The van der Waals surface area contributed by atoms with E-state index in [1.54, 1.807) is 0 Å². The zero-order valence-electron chi connectivity index (χ0n) is 10.7. The molecule has 0 radical (unpaired) electrons. The molecule has 0 heterocycles. The maximum Gasteiger partial charge on any atom is 0.170 e. The standard InChI is InChI=1S/C13H21N3O/c1-4-16(10(2)3)9-11-6-5-7-12(8-11)13(14)15-17/h5-8,10,17H,4,9H2,1-3H3,(H2,14,15). The molecule has 1 aromatic rings. The Kier molecular flexibility index (Phi) is 4.97. The van der Waals surface area contributed by atoms with E-state index in [-0.39, 0.29) is 5.84 Å². The lowest BCUT2D eigenvalue weighted by Crippen LogP contribution is -2.30. The van der Waals surface area contributed by atoms with E-state index in [1.807, 2.05) is 18.2 Å². The maximum atomic E-state index is 8.65. The van der Waals surface area contributed by atoms with Gasteiger partial charge in [-0.2, -0.15) is 0 Å². The molecular formula is C13H21N3O. The van der Waals surface area contributed by atoms with E-state index in [2.05, 4.69) is 36.9 Å². The first kappa shape index (κ1) is 13.5. The highest BCUT2D eigenvalue weighted by atomic mass is 16.4. The highest BCUT2D eigenvalue weighted by Gasteiger charge is 2.08. The third kappa shape index (κ3) is 3.75. The fourth-order valence-corrected chi connectivity index (χ4v) is 1.78. The van der Waals surface area contributed by atoms with Gasteiger partial charge in [-0.25, -0.2) is 0 Å². The summed E-state index contributed by atoms with van der Waals surface area (Å²) in [6.07, 6.45) is 0. The molecule has 0 spiro atoms. The summed E-state index contributed by atoms with van der Waals surface area (Å²) in [6, 6.07) is 8.29. The molecule has 0 aliphatic heterocycles. The van der Waals surface area contributed by atoms with Crippen LogP contribution in [0.25, 0.3) is 0 Å². The predicted molar refractivity (Wildman–Crippen MR) is 70.2 cm³/mol. The number of amidine groups is 1. The number of hydrogen-bond donors (Lipinski definition) is 2. The molecule has 0 amide bonds. The predicted octanol–water partition coefficient (Wildman–Crippen LogP) is 2.01. The minimum atomic E-state index is 0.152. The van der Waals surface area contributed by atoms with Crippen molar-refractivity contribution in [2.45, 2.75) is 33.4 Å². The molecule has 1 rings (SSSR count). The molecule has 0 unspecified atom stereocenters. The molecular weight excluding hydrogens is 214 g/mol. The van der Waals surface area contributed by atoms with Gasteiger partial charge in [0.1, 0.15) is 0 Å². The first-order valence-electron chi connectivity index (χ1n) is 5.89. The Hall–Kier alpha value is -1.55. The minimum Gasteiger partial charge on any atom is -0.409 e. The van der Waals surface area contributed by atoms with Gasteiger partial charge in [0.25, 0.3) is 0 Å². The van der Waals surface area contributed by atoms with Gasteiger partial charge in [0.05, 0.1) is 0 Å². The smallest absolute Gasteiger partial charge is 0.170 e. The molecule has 4 nitrogen and oxygen atoms in total. The Morgan fingerprint density at radius 3 is 2.71 bits per heavy atom. The van der Waals surface area contributed by atoms with Gasteiger partial charge >= 0.3 is 0 Å². The first-order valence-corrected chi connectivity index (χ1v) is 5.89. The van der Waals surface area contributed by atoms with Gasteiger partial charge < -0.3 is 10.9 Å². The summed E-state index contributed by atoms with van der Waals surface area (Å²) < 4.78 is 0.